The lowest BCUT2D eigenvalue weighted by Crippen LogP contribution is -2.16. The molecule has 0 atom stereocenters. The summed E-state index contributed by atoms with van der Waals surface area (Å²) in [6.45, 7) is 3.37. The SMILES string of the molecule is C=CCOC(=O)Nc1c(Cl)cc(Cl)cc1C(=O)O. The van der Waals surface area contributed by atoms with E-state index < -0.39 is 12.1 Å². The summed E-state index contributed by atoms with van der Waals surface area (Å²) < 4.78 is 4.66. The van der Waals surface area contributed by atoms with E-state index in [1.807, 2.05) is 0 Å². The van der Waals surface area contributed by atoms with Crippen LogP contribution in [0.4, 0.5) is 10.5 Å². The number of anilines is 1. The van der Waals surface area contributed by atoms with Crippen LogP contribution < -0.4 is 5.32 Å². The number of ether oxygens (including phenoxy) is 1. The molecule has 1 aromatic carbocycles. The van der Waals surface area contributed by atoms with Crippen molar-refractivity contribution in [2.24, 2.45) is 0 Å². The molecule has 0 radical (unpaired) electrons. The summed E-state index contributed by atoms with van der Waals surface area (Å²) in [5.74, 6) is -1.27. The third-order valence-electron chi connectivity index (χ3n) is 1.84. The Kier molecular flexibility index (Phi) is 5.00. The van der Waals surface area contributed by atoms with Crippen molar-refractivity contribution in [1.29, 1.82) is 0 Å². The molecule has 0 spiro atoms. The van der Waals surface area contributed by atoms with Crippen LogP contribution in [0, 0.1) is 0 Å². The quantitative estimate of drug-likeness (QED) is 0.833. The van der Waals surface area contributed by atoms with Crippen molar-refractivity contribution in [3.8, 4) is 0 Å². The average Bonchev–Trinajstić information content (AvgIpc) is 2.29. The van der Waals surface area contributed by atoms with Crippen LogP contribution in [0.1, 0.15) is 10.4 Å². The molecule has 0 saturated carbocycles. The standard InChI is InChI=1S/C11H9Cl2NO4/c1-2-3-18-11(17)14-9-7(10(15)16)4-6(12)5-8(9)13/h2,4-5H,1,3H2,(H,14,17)(H,15,16). The number of carbonyl (C=O) groups excluding carboxylic acids is 1. The highest BCUT2D eigenvalue weighted by Crippen LogP contribution is 2.30. The number of amides is 1. The first-order valence-corrected chi connectivity index (χ1v) is 5.48. The van der Waals surface area contributed by atoms with E-state index in [9.17, 15) is 9.59 Å². The van der Waals surface area contributed by atoms with Crippen molar-refractivity contribution >= 4 is 41.0 Å². The predicted molar refractivity (Wildman–Crippen MR) is 68.6 cm³/mol. The fourth-order valence-corrected chi connectivity index (χ4v) is 1.68. The number of carbonyl (C=O) groups is 2. The molecule has 0 heterocycles. The van der Waals surface area contributed by atoms with E-state index in [1.165, 1.54) is 18.2 Å². The minimum Gasteiger partial charge on any atom is -0.478 e. The van der Waals surface area contributed by atoms with Crippen LogP contribution in [-0.4, -0.2) is 23.8 Å². The van der Waals surface area contributed by atoms with Gasteiger partial charge < -0.3 is 9.84 Å². The van der Waals surface area contributed by atoms with Gasteiger partial charge in [-0.1, -0.05) is 35.9 Å². The zero-order valence-electron chi connectivity index (χ0n) is 9.07. The van der Waals surface area contributed by atoms with Crippen LogP contribution >= 0.6 is 23.2 Å². The molecule has 0 aliphatic carbocycles. The number of benzene rings is 1. The number of carboxylic acid groups (broad SMARTS) is 1. The first-order chi connectivity index (χ1) is 8.45. The summed E-state index contributed by atoms with van der Waals surface area (Å²) in [7, 11) is 0. The topological polar surface area (TPSA) is 75.6 Å². The van der Waals surface area contributed by atoms with E-state index in [0.717, 1.165) is 0 Å². The van der Waals surface area contributed by atoms with Crippen LogP contribution in [0.3, 0.4) is 0 Å². The highest BCUT2D eigenvalue weighted by molar-refractivity contribution is 6.37. The van der Waals surface area contributed by atoms with Gasteiger partial charge in [0, 0.05) is 5.02 Å². The number of nitrogens with one attached hydrogen (secondary N) is 1. The lowest BCUT2D eigenvalue weighted by Gasteiger charge is -2.10. The molecule has 0 aliphatic rings. The monoisotopic (exact) mass is 289 g/mol. The van der Waals surface area contributed by atoms with E-state index in [-0.39, 0.29) is 27.9 Å². The van der Waals surface area contributed by atoms with Crippen LogP contribution in [0.15, 0.2) is 24.8 Å². The summed E-state index contributed by atoms with van der Waals surface area (Å²) in [5, 5.41) is 11.4. The molecule has 18 heavy (non-hydrogen) atoms. The van der Waals surface area contributed by atoms with Crippen molar-refractivity contribution in [3.05, 3.63) is 40.4 Å². The summed E-state index contributed by atoms with van der Waals surface area (Å²) in [6.07, 6.45) is 0.544. The zero-order chi connectivity index (χ0) is 13.7. The largest absolute Gasteiger partial charge is 0.478 e. The van der Waals surface area contributed by atoms with Crippen molar-refractivity contribution in [3.63, 3.8) is 0 Å². The molecular formula is C11H9Cl2NO4. The fraction of sp³-hybridized carbons (Fsp3) is 0.0909. The third kappa shape index (κ3) is 3.65. The molecule has 0 aromatic heterocycles. The lowest BCUT2D eigenvalue weighted by atomic mass is 10.2. The molecule has 1 rings (SSSR count). The van der Waals surface area contributed by atoms with E-state index in [1.54, 1.807) is 0 Å². The van der Waals surface area contributed by atoms with Gasteiger partial charge in [-0.2, -0.15) is 0 Å². The first-order valence-electron chi connectivity index (χ1n) is 4.72. The molecule has 96 valence electrons. The molecule has 0 aliphatic heterocycles. The number of rotatable bonds is 4. The molecule has 0 saturated heterocycles. The van der Waals surface area contributed by atoms with Crippen LogP contribution in [0.25, 0.3) is 0 Å². The second-order valence-electron chi connectivity index (χ2n) is 3.13. The molecule has 7 heteroatoms. The second-order valence-corrected chi connectivity index (χ2v) is 3.97. The maximum atomic E-state index is 11.3. The maximum absolute atomic E-state index is 11.3. The molecule has 0 fully saturated rings. The third-order valence-corrected chi connectivity index (χ3v) is 2.36. The molecule has 2 N–H and O–H groups in total. The lowest BCUT2D eigenvalue weighted by molar-refractivity contribution is 0.0698. The molecular weight excluding hydrogens is 281 g/mol. The fourth-order valence-electron chi connectivity index (χ4n) is 1.14. The Labute approximate surface area is 113 Å². The normalized spacial score (nSPS) is 9.67. The van der Waals surface area contributed by atoms with Gasteiger partial charge in [0.15, 0.2) is 0 Å². The average molecular weight is 290 g/mol. The summed E-state index contributed by atoms with van der Waals surface area (Å²) in [4.78, 5) is 22.3. The number of aromatic carboxylic acids is 1. The maximum Gasteiger partial charge on any atom is 0.412 e. The van der Waals surface area contributed by atoms with Crippen molar-refractivity contribution < 1.29 is 19.4 Å². The first kappa shape index (κ1) is 14.3. The Hall–Kier alpha value is -1.72. The Morgan fingerprint density at radius 1 is 1.44 bits per heavy atom. The minimum atomic E-state index is -1.27. The predicted octanol–water partition coefficient (Wildman–Crippen LogP) is 3.43. The van der Waals surface area contributed by atoms with Gasteiger partial charge in [-0.3, -0.25) is 5.32 Å². The zero-order valence-corrected chi connectivity index (χ0v) is 10.6. The van der Waals surface area contributed by atoms with Gasteiger partial charge in [0.1, 0.15) is 6.61 Å². The Bertz CT molecular complexity index is 502. The van der Waals surface area contributed by atoms with Gasteiger partial charge in [0.25, 0.3) is 0 Å². The van der Waals surface area contributed by atoms with Crippen LogP contribution in [0.5, 0.6) is 0 Å². The van der Waals surface area contributed by atoms with Crippen molar-refractivity contribution in [2.75, 3.05) is 11.9 Å². The van der Waals surface area contributed by atoms with Crippen LogP contribution in [0.2, 0.25) is 10.0 Å². The molecule has 1 amide bonds. The van der Waals surface area contributed by atoms with Gasteiger partial charge in [-0.05, 0) is 12.1 Å². The van der Waals surface area contributed by atoms with Gasteiger partial charge in [-0.15, -0.1) is 0 Å². The minimum absolute atomic E-state index is 0.000549. The smallest absolute Gasteiger partial charge is 0.412 e. The summed E-state index contributed by atoms with van der Waals surface area (Å²) in [5.41, 5.74) is -0.286. The van der Waals surface area contributed by atoms with Gasteiger partial charge in [0.2, 0.25) is 0 Å². The van der Waals surface area contributed by atoms with Crippen molar-refractivity contribution in [1.82, 2.24) is 0 Å². The van der Waals surface area contributed by atoms with E-state index in [2.05, 4.69) is 16.6 Å². The highest BCUT2D eigenvalue weighted by atomic mass is 35.5. The number of hydrogen-bond acceptors (Lipinski definition) is 3. The van der Waals surface area contributed by atoms with E-state index in [0.29, 0.717) is 0 Å². The van der Waals surface area contributed by atoms with Gasteiger partial charge >= 0.3 is 12.1 Å². The summed E-state index contributed by atoms with van der Waals surface area (Å²) in [6, 6.07) is 2.50. The molecule has 5 nitrogen and oxygen atoms in total. The molecule has 1 aromatic rings. The van der Waals surface area contributed by atoms with Gasteiger partial charge in [0.05, 0.1) is 16.3 Å². The highest BCUT2D eigenvalue weighted by Gasteiger charge is 2.17. The van der Waals surface area contributed by atoms with Crippen molar-refractivity contribution in [2.45, 2.75) is 0 Å². The Morgan fingerprint density at radius 2 is 2.11 bits per heavy atom. The van der Waals surface area contributed by atoms with Crippen LogP contribution in [-0.2, 0) is 4.74 Å². The molecule has 0 unspecified atom stereocenters. The van der Waals surface area contributed by atoms with Gasteiger partial charge in [-0.25, -0.2) is 9.59 Å². The molecule has 0 bridgehead atoms. The Balaban J connectivity index is 3.03. The number of carboxylic acids is 1. The number of halogens is 2. The van der Waals surface area contributed by atoms with E-state index in [4.69, 9.17) is 28.3 Å². The summed E-state index contributed by atoms with van der Waals surface area (Å²) >= 11 is 11.5. The number of hydrogen-bond donors (Lipinski definition) is 2. The second kappa shape index (κ2) is 6.28. The Morgan fingerprint density at radius 3 is 2.67 bits per heavy atom. The van der Waals surface area contributed by atoms with E-state index >= 15 is 0 Å².